The van der Waals surface area contributed by atoms with E-state index < -0.39 is 5.69 Å². The first-order valence-corrected chi connectivity index (χ1v) is 12.0. The van der Waals surface area contributed by atoms with Crippen molar-refractivity contribution in [2.75, 3.05) is 19.6 Å². The van der Waals surface area contributed by atoms with Gasteiger partial charge in [-0.25, -0.2) is 14.3 Å². The van der Waals surface area contributed by atoms with Crippen LogP contribution >= 0.6 is 23.2 Å². The van der Waals surface area contributed by atoms with Gasteiger partial charge in [0, 0.05) is 36.9 Å². The van der Waals surface area contributed by atoms with Crippen molar-refractivity contribution < 1.29 is 9.84 Å². The third kappa shape index (κ3) is 5.21. The van der Waals surface area contributed by atoms with Gasteiger partial charge in [0.25, 0.3) is 0 Å². The van der Waals surface area contributed by atoms with Crippen LogP contribution in [0.15, 0.2) is 47.5 Å². The van der Waals surface area contributed by atoms with Gasteiger partial charge in [0.2, 0.25) is 11.8 Å². The summed E-state index contributed by atoms with van der Waals surface area (Å²) in [7, 11) is 0. The Kier molecular flexibility index (Phi) is 6.36. The third-order valence-electron chi connectivity index (χ3n) is 6.27. The maximum Gasteiger partial charge on any atom is 0.336 e. The molecule has 2 aromatic heterocycles. The molecule has 1 saturated heterocycles. The first-order chi connectivity index (χ1) is 16.0. The second-order valence-corrected chi connectivity index (χ2v) is 9.74. The Morgan fingerprint density at radius 2 is 1.88 bits per heavy atom. The molecule has 9 heteroatoms. The Morgan fingerprint density at radius 1 is 1.09 bits per heavy atom. The molecule has 0 spiro atoms. The van der Waals surface area contributed by atoms with Gasteiger partial charge in [-0.15, -0.1) is 0 Å². The van der Waals surface area contributed by atoms with Crippen LogP contribution in [0.2, 0.25) is 10.0 Å². The minimum atomic E-state index is -0.407. The molecule has 0 amide bonds. The van der Waals surface area contributed by atoms with E-state index in [1.165, 1.54) is 36.2 Å². The predicted molar refractivity (Wildman–Crippen MR) is 128 cm³/mol. The summed E-state index contributed by atoms with van der Waals surface area (Å²) in [4.78, 5) is 19.9. The van der Waals surface area contributed by atoms with Gasteiger partial charge in [-0.3, -0.25) is 4.57 Å². The minimum absolute atomic E-state index is 0.191. The molecule has 1 aliphatic heterocycles. The van der Waals surface area contributed by atoms with Gasteiger partial charge < -0.3 is 14.7 Å². The summed E-state index contributed by atoms with van der Waals surface area (Å²) in [5, 5.41) is 11.1. The van der Waals surface area contributed by atoms with E-state index in [1.807, 2.05) is 12.1 Å². The van der Waals surface area contributed by atoms with E-state index in [4.69, 9.17) is 27.9 Å². The molecule has 0 atom stereocenters. The fourth-order valence-electron chi connectivity index (χ4n) is 4.30. The monoisotopic (exact) mass is 488 g/mol. The molecule has 5 rings (SSSR count). The lowest BCUT2D eigenvalue weighted by Crippen LogP contribution is -2.39. The maximum atomic E-state index is 12.9. The number of rotatable bonds is 7. The topological polar surface area (TPSA) is 72.5 Å². The number of hydrogen-bond donors (Lipinski definition) is 1. The molecule has 174 valence electrons. The number of nitrogens with zero attached hydrogens (tertiary/aromatic N) is 4. The molecule has 3 heterocycles. The number of pyridine rings is 1. The normalized spacial score (nSPS) is 17.4. The van der Waals surface area contributed by atoms with Crippen molar-refractivity contribution >= 4 is 23.2 Å². The summed E-state index contributed by atoms with van der Waals surface area (Å²) in [5.74, 6) is 1.32. The van der Waals surface area contributed by atoms with Crippen molar-refractivity contribution in [3.05, 3.63) is 68.8 Å². The van der Waals surface area contributed by atoms with Crippen LogP contribution in [0.5, 0.6) is 11.8 Å². The molecular formula is C24H26Cl2N4O3. The summed E-state index contributed by atoms with van der Waals surface area (Å²) in [6.45, 7) is 3.67. The molecule has 2 fully saturated rings. The lowest BCUT2D eigenvalue weighted by Gasteiger charge is -2.31. The van der Waals surface area contributed by atoms with Crippen molar-refractivity contribution in [3.8, 4) is 17.4 Å². The van der Waals surface area contributed by atoms with Crippen LogP contribution in [0.3, 0.4) is 0 Å². The van der Waals surface area contributed by atoms with Crippen LogP contribution in [0.1, 0.15) is 31.2 Å². The highest BCUT2D eigenvalue weighted by atomic mass is 35.5. The van der Waals surface area contributed by atoms with Gasteiger partial charge in [0.15, 0.2) is 0 Å². The Morgan fingerprint density at radius 3 is 2.55 bits per heavy atom. The Labute approximate surface area is 202 Å². The first kappa shape index (κ1) is 22.3. The zero-order chi connectivity index (χ0) is 22.9. The zero-order valence-corrected chi connectivity index (χ0v) is 19.7. The van der Waals surface area contributed by atoms with Crippen molar-refractivity contribution in [2.45, 2.75) is 38.3 Å². The van der Waals surface area contributed by atoms with Crippen molar-refractivity contribution in [1.82, 2.24) is 19.0 Å². The van der Waals surface area contributed by atoms with Gasteiger partial charge in [-0.05, 0) is 55.4 Å². The van der Waals surface area contributed by atoms with Crippen LogP contribution in [-0.2, 0) is 6.54 Å². The highest BCUT2D eigenvalue weighted by Crippen LogP contribution is 2.31. The average Bonchev–Trinajstić information content (AvgIpc) is 3.57. The number of hydrogen-bond acceptors (Lipinski definition) is 5. The number of likely N-dealkylation sites (tertiary alicyclic amines) is 1. The van der Waals surface area contributed by atoms with Crippen LogP contribution in [-0.4, -0.2) is 49.9 Å². The fraction of sp³-hybridized carbons (Fsp3) is 0.417. The fourth-order valence-corrected chi connectivity index (χ4v) is 4.79. The van der Waals surface area contributed by atoms with E-state index in [9.17, 15) is 9.90 Å². The number of aromatic nitrogens is 3. The van der Waals surface area contributed by atoms with Gasteiger partial charge in [0.05, 0.1) is 23.5 Å². The van der Waals surface area contributed by atoms with Crippen LogP contribution in [0.25, 0.3) is 5.69 Å². The number of aromatic hydroxyl groups is 1. The summed E-state index contributed by atoms with van der Waals surface area (Å²) in [5.41, 5.74) is 0.783. The summed E-state index contributed by atoms with van der Waals surface area (Å²) in [6.07, 6.45) is 8.09. The molecule has 0 unspecified atom stereocenters. The molecule has 1 aromatic carbocycles. The minimum Gasteiger partial charge on any atom is -0.493 e. The van der Waals surface area contributed by atoms with E-state index >= 15 is 0 Å². The second kappa shape index (κ2) is 9.41. The number of piperidine rings is 1. The third-order valence-corrected chi connectivity index (χ3v) is 6.81. The Bertz CT molecular complexity index is 1180. The number of benzene rings is 1. The van der Waals surface area contributed by atoms with Crippen LogP contribution in [0.4, 0.5) is 0 Å². The van der Waals surface area contributed by atoms with E-state index in [0.717, 1.165) is 42.0 Å². The number of imidazole rings is 1. The molecule has 0 bridgehead atoms. The van der Waals surface area contributed by atoms with Gasteiger partial charge in [-0.1, -0.05) is 29.3 Å². The molecule has 1 N–H and O–H groups in total. The molecule has 33 heavy (non-hydrogen) atoms. The molecule has 2 aliphatic rings. The standard InChI is InChI=1S/C24H26Cl2N4O3/c25-18-4-5-21(20(26)11-18)30-23(31)15-29(24(30)32)14-17-3-6-22(27-12-17)33-19-7-9-28(10-8-19)13-16-1-2-16/h3-6,11-12,15-16,19,31H,1-2,7-10,13-14H2. The summed E-state index contributed by atoms with van der Waals surface area (Å²) < 4.78 is 8.64. The molecule has 0 radical (unpaired) electrons. The van der Waals surface area contributed by atoms with Crippen LogP contribution in [0, 0.1) is 5.92 Å². The highest BCUT2D eigenvalue weighted by Gasteiger charge is 2.27. The van der Waals surface area contributed by atoms with E-state index in [1.54, 1.807) is 18.3 Å². The molecule has 7 nitrogen and oxygen atoms in total. The molecule has 1 saturated carbocycles. The Hall–Kier alpha value is -2.48. The summed E-state index contributed by atoms with van der Waals surface area (Å²) in [6, 6.07) is 8.47. The number of halogens is 2. The lowest BCUT2D eigenvalue weighted by atomic mass is 10.1. The molecule has 3 aromatic rings. The van der Waals surface area contributed by atoms with E-state index in [2.05, 4.69) is 9.88 Å². The average molecular weight is 489 g/mol. The maximum absolute atomic E-state index is 12.9. The van der Waals surface area contributed by atoms with Gasteiger partial charge in [-0.2, -0.15) is 0 Å². The lowest BCUT2D eigenvalue weighted by molar-refractivity contribution is 0.0944. The van der Waals surface area contributed by atoms with Crippen molar-refractivity contribution in [1.29, 1.82) is 0 Å². The summed E-state index contributed by atoms with van der Waals surface area (Å²) >= 11 is 12.2. The predicted octanol–water partition coefficient (Wildman–Crippen LogP) is 4.35. The second-order valence-electron chi connectivity index (χ2n) is 8.89. The van der Waals surface area contributed by atoms with Gasteiger partial charge in [0.1, 0.15) is 6.10 Å². The first-order valence-electron chi connectivity index (χ1n) is 11.3. The highest BCUT2D eigenvalue weighted by molar-refractivity contribution is 6.35. The van der Waals surface area contributed by atoms with E-state index in [0.29, 0.717) is 16.6 Å². The SMILES string of the molecule is O=c1n(Cc2ccc(OC3CCN(CC4CC4)CC3)nc2)cc(O)n1-c1ccc(Cl)cc1Cl. The largest absolute Gasteiger partial charge is 0.493 e. The zero-order valence-electron chi connectivity index (χ0n) is 18.2. The Balaban J connectivity index is 1.22. The molecule has 1 aliphatic carbocycles. The molecular weight excluding hydrogens is 463 g/mol. The number of ether oxygens (including phenoxy) is 1. The van der Waals surface area contributed by atoms with Crippen molar-refractivity contribution in [3.63, 3.8) is 0 Å². The van der Waals surface area contributed by atoms with Crippen molar-refractivity contribution in [2.24, 2.45) is 5.92 Å². The van der Waals surface area contributed by atoms with E-state index in [-0.39, 0.29) is 23.6 Å². The smallest absolute Gasteiger partial charge is 0.336 e. The van der Waals surface area contributed by atoms with Crippen LogP contribution < -0.4 is 10.4 Å². The van der Waals surface area contributed by atoms with Gasteiger partial charge >= 0.3 is 5.69 Å². The quantitative estimate of drug-likeness (QED) is 0.535.